The number of thiocarbonyl (C=S) groups is 1. The predicted octanol–water partition coefficient (Wildman–Crippen LogP) is 4.76. The molecular formula is C32H36N4O5S. The van der Waals surface area contributed by atoms with E-state index in [2.05, 4.69) is 13.0 Å². The molecule has 5 rings (SSSR count). The average Bonchev–Trinajstić information content (AvgIpc) is 3.47. The van der Waals surface area contributed by atoms with Crippen LogP contribution in [0, 0.1) is 0 Å². The molecule has 2 aromatic carbocycles. The molecule has 2 aliphatic rings. The summed E-state index contributed by atoms with van der Waals surface area (Å²) in [6.45, 7) is 6.08. The lowest BCUT2D eigenvalue weighted by atomic mass is 10.1. The number of likely N-dealkylation sites (tertiary alicyclic amines) is 1. The van der Waals surface area contributed by atoms with Crippen molar-refractivity contribution in [2.24, 2.45) is 0 Å². The second kappa shape index (κ2) is 12.8. The third-order valence-electron chi connectivity index (χ3n) is 7.76. The number of anilines is 1. The average molecular weight is 589 g/mol. The molecule has 0 spiro atoms. The first-order valence-corrected chi connectivity index (χ1v) is 14.8. The van der Waals surface area contributed by atoms with Crippen LogP contribution >= 0.6 is 12.2 Å². The highest BCUT2D eigenvalue weighted by atomic mass is 32.1. The van der Waals surface area contributed by atoms with Crippen molar-refractivity contribution in [2.75, 3.05) is 38.3 Å². The van der Waals surface area contributed by atoms with E-state index in [-0.39, 0.29) is 35.7 Å². The van der Waals surface area contributed by atoms with E-state index in [0.717, 1.165) is 60.8 Å². The van der Waals surface area contributed by atoms with E-state index in [9.17, 15) is 14.4 Å². The molecule has 3 aromatic rings. The molecule has 9 nitrogen and oxygen atoms in total. The molecule has 0 saturated carbocycles. The Morgan fingerprint density at radius 1 is 1.00 bits per heavy atom. The van der Waals surface area contributed by atoms with Crippen LogP contribution < -0.4 is 9.64 Å². The Bertz CT molecular complexity index is 1540. The second-order valence-electron chi connectivity index (χ2n) is 10.4. The smallest absolute Gasteiger partial charge is 0.325 e. The van der Waals surface area contributed by atoms with Gasteiger partial charge >= 0.3 is 5.97 Å². The zero-order chi connectivity index (χ0) is 29.8. The van der Waals surface area contributed by atoms with Crippen LogP contribution in [0.2, 0.25) is 0 Å². The number of hydrogen-bond acceptors (Lipinski definition) is 6. The summed E-state index contributed by atoms with van der Waals surface area (Å²) in [6.07, 6.45) is 7.68. The molecule has 0 bridgehead atoms. The Kier molecular flexibility index (Phi) is 8.91. The number of rotatable bonds is 9. The summed E-state index contributed by atoms with van der Waals surface area (Å²) in [5.74, 6) is -0.110. The van der Waals surface area contributed by atoms with E-state index in [4.69, 9.17) is 21.7 Å². The number of carbonyl (C=O) groups is 3. The first-order valence-electron chi connectivity index (χ1n) is 14.4. The summed E-state index contributed by atoms with van der Waals surface area (Å²) >= 11 is 5.73. The summed E-state index contributed by atoms with van der Waals surface area (Å²) < 4.78 is 12.5. The summed E-state index contributed by atoms with van der Waals surface area (Å²) in [7, 11) is 1.30. The maximum atomic E-state index is 13.9. The lowest BCUT2D eigenvalue weighted by molar-refractivity contribution is -0.140. The molecule has 0 atom stereocenters. The number of amides is 2. The number of esters is 1. The number of carbonyl (C=O) groups excluding carboxylic acids is 3. The predicted molar refractivity (Wildman–Crippen MR) is 166 cm³/mol. The molecule has 2 amide bonds. The fraction of sp³-hybridized carbons (Fsp3) is 0.375. The van der Waals surface area contributed by atoms with Crippen molar-refractivity contribution in [3.05, 3.63) is 65.5 Å². The van der Waals surface area contributed by atoms with E-state index in [0.29, 0.717) is 18.0 Å². The number of fused-ring (bicyclic) bond motifs is 1. The molecule has 220 valence electrons. The zero-order valence-electron chi connectivity index (χ0n) is 24.3. The molecule has 0 N–H and O–H groups in total. The number of aryl methyl sites for hydroxylation is 1. The third kappa shape index (κ3) is 5.76. The lowest BCUT2D eigenvalue weighted by Crippen LogP contribution is -2.37. The van der Waals surface area contributed by atoms with Crippen LogP contribution in [0.25, 0.3) is 17.0 Å². The number of hydrogen-bond donors (Lipinski definition) is 0. The zero-order valence-corrected chi connectivity index (χ0v) is 25.1. The first-order chi connectivity index (χ1) is 20.4. The lowest BCUT2D eigenvalue weighted by Gasteiger charge is -2.27. The molecule has 0 unspecified atom stereocenters. The van der Waals surface area contributed by atoms with Gasteiger partial charge in [-0.05, 0) is 80.7 Å². The Morgan fingerprint density at radius 2 is 1.74 bits per heavy atom. The Labute approximate surface area is 251 Å². The van der Waals surface area contributed by atoms with Gasteiger partial charge in [0.25, 0.3) is 5.91 Å². The van der Waals surface area contributed by atoms with Gasteiger partial charge in [-0.1, -0.05) is 25.1 Å². The molecule has 2 saturated heterocycles. The molecule has 0 radical (unpaired) electrons. The van der Waals surface area contributed by atoms with Gasteiger partial charge in [-0.2, -0.15) is 0 Å². The minimum atomic E-state index is -0.521. The van der Waals surface area contributed by atoms with Crippen LogP contribution in [0.1, 0.15) is 44.2 Å². The summed E-state index contributed by atoms with van der Waals surface area (Å²) in [5.41, 5.74) is 3.66. The van der Waals surface area contributed by atoms with Gasteiger partial charge in [0.2, 0.25) is 5.91 Å². The van der Waals surface area contributed by atoms with Crippen LogP contribution in [-0.2, 0) is 32.1 Å². The molecule has 3 heterocycles. The van der Waals surface area contributed by atoms with Crippen molar-refractivity contribution >= 4 is 57.8 Å². The quantitative estimate of drug-likeness (QED) is 0.202. The summed E-state index contributed by atoms with van der Waals surface area (Å²) in [6, 6.07) is 13.1. The number of nitrogens with zero attached hydrogens (tertiary/aromatic N) is 4. The van der Waals surface area contributed by atoms with E-state index in [1.54, 1.807) is 30.3 Å². The van der Waals surface area contributed by atoms with Gasteiger partial charge in [-0.3, -0.25) is 19.3 Å². The molecule has 2 aliphatic heterocycles. The molecule has 10 heteroatoms. The molecular weight excluding hydrogens is 552 g/mol. The Hall–Kier alpha value is -4.18. The van der Waals surface area contributed by atoms with Crippen LogP contribution in [0.3, 0.4) is 0 Å². The Morgan fingerprint density at radius 3 is 2.40 bits per heavy atom. The number of piperidine rings is 1. The standard InChI is InChI=1S/C32H36N4O5S/c1-4-22-10-9-11-26-23(19-34(30(22)26)20-28(37)33-16-7-6-8-17-33)18-27-31(39)36(32(42)35(27)21-29(38)40-3)24-12-14-25(15-13-24)41-5-2/h9-15,18-19H,4-8,16-17,20-21H2,1-3H3/b27-18-. The van der Waals surface area contributed by atoms with Gasteiger partial charge in [-0.25, -0.2) is 0 Å². The van der Waals surface area contributed by atoms with Gasteiger partial charge in [0.1, 0.15) is 24.5 Å². The second-order valence-corrected chi connectivity index (χ2v) is 10.7. The largest absolute Gasteiger partial charge is 0.494 e. The van der Waals surface area contributed by atoms with Gasteiger partial charge < -0.3 is 23.8 Å². The van der Waals surface area contributed by atoms with E-state index >= 15 is 0 Å². The van der Waals surface area contributed by atoms with E-state index in [1.807, 2.05) is 34.7 Å². The number of ether oxygens (including phenoxy) is 2. The van der Waals surface area contributed by atoms with E-state index in [1.165, 1.54) is 16.9 Å². The van der Waals surface area contributed by atoms with Crippen LogP contribution in [0.4, 0.5) is 5.69 Å². The monoisotopic (exact) mass is 588 g/mol. The van der Waals surface area contributed by atoms with Crippen LogP contribution in [-0.4, -0.2) is 70.6 Å². The molecule has 1 aromatic heterocycles. The van der Waals surface area contributed by atoms with Gasteiger partial charge in [-0.15, -0.1) is 0 Å². The Balaban J connectivity index is 1.57. The number of para-hydroxylation sites is 1. The highest BCUT2D eigenvalue weighted by Crippen LogP contribution is 2.33. The SMILES string of the molecule is CCOc1ccc(N2C(=O)/C(=C/c3cn(CC(=O)N4CCCCC4)c4c(CC)cccc34)N(CC(=O)OC)C2=S)cc1. The van der Waals surface area contributed by atoms with Gasteiger partial charge in [0, 0.05) is 30.2 Å². The highest BCUT2D eigenvalue weighted by Gasteiger charge is 2.40. The highest BCUT2D eigenvalue weighted by molar-refractivity contribution is 7.80. The topological polar surface area (TPSA) is 84.3 Å². The molecule has 0 aliphatic carbocycles. The van der Waals surface area contributed by atoms with Gasteiger partial charge in [0.15, 0.2) is 5.11 Å². The molecule has 2 fully saturated rings. The van der Waals surface area contributed by atoms with Crippen molar-refractivity contribution in [2.45, 2.75) is 46.1 Å². The number of methoxy groups -OCH3 is 1. The number of aromatic nitrogens is 1. The number of benzene rings is 2. The van der Waals surface area contributed by atoms with Gasteiger partial charge in [0.05, 0.1) is 24.9 Å². The van der Waals surface area contributed by atoms with Crippen molar-refractivity contribution in [3.8, 4) is 5.75 Å². The maximum absolute atomic E-state index is 13.9. The minimum absolute atomic E-state index is 0.0869. The summed E-state index contributed by atoms with van der Waals surface area (Å²) in [5, 5.41) is 1.10. The first kappa shape index (κ1) is 29.3. The van der Waals surface area contributed by atoms with Crippen LogP contribution in [0.15, 0.2) is 54.4 Å². The van der Waals surface area contributed by atoms with Crippen molar-refractivity contribution in [3.63, 3.8) is 0 Å². The minimum Gasteiger partial charge on any atom is -0.494 e. The van der Waals surface area contributed by atoms with Crippen molar-refractivity contribution in [1.82, 2.24) is 14.4 Å². The van der Waals surface area contributed by atoms with Crippen molar-refractivity contribution in [1.29, 1.82) is 0 Å². The third-order valence-corrected chi connectivity index (χ3v) is 8.16. The maximum Gasteiger partial charge on any atom is 0.325 e. The van der Waals surface area contributed by atoms with Crippen LogP contribution in [0.5, 0.6) is 5.75 Å². The molecule has 42 heavy (non-hydrogen) atoms. The fourth-order valence-corrected chi connectivity index (χ4v) is 5.99. The van der Waals surface area contributed by atoms with E-state index < -0.39 is 5.97 Å². The van der Waals surface area contributed by atoms with Crippen molar-refractivity contribution < 1.29 is 23.9 Å². The summed E-state index contributed by atoms with van der Waals surface area (Å²) in [4.78, 5) is 44.5. The fourth-order valence-electron chi connectivity index (χ4n) is 5.64. The normalized spacial score (nSPS) is 16.5.